The van der Waals surface area contributed by atoms with Crippen LogP contribution in [-0.4, -0.2) is 8.97 Å². The summed E-state index contributed by atoms with van der Waals surface area (Å²) in [5.41, 5.74) is 12.1. The molecule has 4 aromatic heterocycles. The van der Waals surface area contributed by atoms with Gasteiger partial charge < -0.3 is 8.97 Å². The van der Waals surface area contributed by atoms with Crippen molar-refractivity contribution in [3.05, 3.63) is 194 Å². The predicted octanol–water partition coefficient (Wildman–Crippen LogP) is 15.4. The lowest BCUT2D eigenvalue weighted by molar-refractivity contribution is 1.18. The van der Waals surface area contributed by atoms with Crippen LogP contribution in [0.25, 0.3) is 119 Å². The van der Waals surface area contributed by atoms with Crippen molar-refractivity contribution in [3.8, 4) is 27.9 Å². The summed E-state index contributed by atoms with van der Waals surface area (Å²) in [7, 11) is 0. The summed E-state index contributed by atoms with van der Waals surface area (Å²) < 4.78 is 7.60. The topological polar surface area (TPSA) is 9.34 Å². The fraction of sp³-hybridized carbons (Fsp3) is 0. The van der Waals surface area contributed by atoms with E-state index in [1.165, 1.54) is 113 Å². The lowest BCUT2D eigenvalue weighted by Crippen LogP contribution is -1.93. The normalized spacial score (nSPS) is 12.2. The van der Waals surface area contributed by atoms with Crippen molar-refractivity contribution in [1.29, 1.82) is 0 Å². The largest absolute Gasteiger partial charge is 0.309 e. The molecule has 0 aliphatic rings. The molecule has 0 aliphatic carbocycles. The zero-order valence-electron chi connectivity index (χ0n) is 30.8. The molecule has 0 saturated carbocycles. The molecule has 9 aromatic carbocycles. The van der Waals surface area contributed by atoms with E-state index in [4.69, 9.17) is 0 Å². The molecule has 2 nitrogen and oxygen atoms in total. The Bertz CT molecular complexity index is 3790. The van der Waals surface area contributed by atoms with Crippen molar-refractivity contribution in [2.45, 2.75) is 0 Å². The number of benzene rings is 9. The van der Waals surface area contributed by atoms with E-state index in [0.29, 0.717) is 0 Å². The first-order valence-electron chi connectivity index (χ1n) is 19.6. The molecule has 0 saturated heterocycles. The van der Waals surface area contributed by atoms with E-state index in [1.807, 2.05) is 11.3 Å². The van der Waals surface area contributed by atoms with Gasteiger partial charge in [-0.15, -0.1) is 11.3 Å². The Morgan fingerprint density at radius 2 is 0.754 bits per heavy atom. The molecular weight excluding hydrogens is 709 g/mol. The average molecular weight is 741 g/mol. The van der Waals surface area contributed by atoms with E-state index in [9.17, 15) is 0 Å². The molecule has 4 heterocycles. The van der Waals surface area contributed by atoms with E-state index in [1.54, 1.807) is 0 Å². The van der Waals surface area contributed by atoms with E-state index < -0.39 is 0 Å². The number of hydrogen-bond acceptors (Lipinski definition) is 1. The lowest BCUT2D eigenvalue weighted by Gasteiger charge is -2.10. The monoisotopic (exact) mass is 740 g/mol. The van der Waals surface area contributed by atoms with Crippen LogP contribution in [0.2, 0.25) is 0 Å². The first-order chi connectivity index (χ1) is 28.3. The van der Waals surface area contributed by atoms with Crippen LogP contribution in [0.15, 0.2) is 194 Å². The first-order valence-corrected chi connectivity index (χ1v) is 20.4. The van der Waals surface area contributed by atoms with E-state index in [0.717, 1.165) is 5.69 Å². The van der Waals surface area contributed by atoms with Crippen LogP contribution in [0.4, 0.5) is 0 Å². The van der Waals surface area contributed by atoms with Crippen molar-refractivity contribution in [3.63, 3.8) is 0 Å². The fourth-order valence-corrected chi connectivity index (χ4v) is 11.0. The van der Waals surface area contributed by atoms with Crippen LogP contribution in [0.3, 0.4) is 0 Å². The highest BCUT2D eigenvalue weighted by Gasteiger charge is 2.19. The van der Waals surface area contributed by atoms with Gasteiger partial charge in [-0.05, 0) is 93.7 Å². The second kappa shape index (κ2) is 11.7. The fourth-order valence-electron chi connectivity index (χ4n) is 9.79. The van der Waals surface area contributed by atoms with Gasteiger partial charge in [0.2, 0.25) is 0 Å². The molecular formula is C54H32N2S. The molecule has 0 bridgehead atoms. The highest BCUT2D eigenvalue weighted by molar-refractivity contribution is 7.26. The number of fused-ring (bicyclic) bond motifs is 10. The molecule has 0 radical (unpaired) electrons. The molecule has 0 fully saturated rings. The SMILES string of the molecule is c1ccc(-c2ccc(-n3c4ccccc4c4cc(-c5ccc6c(c5)c5cccc7c8cccc9sc%10cccc(c%11ccccc%11n6c75)c%10c98)ccc43)cc2)cc1. The van der Waals surface area contributed by atoms with Gasteiger partial charge in [0.15, 0.2) is 0 Å². The molecule has 0 atom stereocenters. The molecule has 0 spiro atoms. The third-order valence-electron chi connectivity index (χ3n) is 12.3. The van der Waals surface area contributed by atoms with Gasteiger partial charge in [0.1, 0.15) is 0 Å². The zero-order valence-corrected chi connectivity index (χ0v) is 31.6. The number of rotatable bonds is 3. The summed E-state index contributed by atoms with van der Waals surface area (Å²) in [6, 6.07) is 72.0. The van der Waals surface area contributed by atoms with Crippen LogP contribution in [0, 0.1) is 0 Å². The third kappa shape index (κ3) is 4.35. The van der Waals surface area contributed by atoms with Gasteiger partial charge in [0.05, 0.1) is 27.6 Å². The Hall–Kier alpha value is -7.20. The van der Waals surface area contributed by atoms with E-state index >= 15 is 0 Å². The number of thiophene rings is 1. The van der Waals surface area contributed by atoms with Crippen molar-refractivity contribution in [2.24, 2.45) is 0 Å². The minimum absolute atomic E-state index is 1.16. The third-order valence-corrected chi connectivity index (χ3v) is 13.4. The smallest absolute Gasteiger partial charge is 0.0619 e. The summed E-state index contributed by atoms with van der Waals surface area (Å²) in [5.74, 6) is 0. The van der Waals surface area contributed by atoms with Gasteiger partial charge >= 0.3 is 0 Å². The highest BCUT2D eigenvalue weighted by Crippen LogP contribution is 2.45. The lowest BCUT2D eigenvalue weighted by atomic mass is 9.99. The van der Waals surface area contributed by atoms with Crippen LogP contribution in [0.1, 0.15) is 0 Å². The molecule has 0 amide bonds. The van der Waals surface area contributed by atoms with Crippen LogP contribution < -0.4 is 0 Å². The average Bonchev–Trinajstić information content (AvgIpc) is 3.94. The van der Waals surface area contributed by atoms with Gasteiger partial charge in [0.25, 0.3) is 0 Å². The number of hydrogen-bond donors (Lipinski definition) is 0. The number of nitrogens with zero attached hydrogens (tertiary/aromatic N) is 2. The van der Waals surface area contributed by atoms with Crippen molar-refractivity contribution < 1.29 is 0 Å². The van der Waals surface area contributed by atoms with Gasteiger partial charge in [0, 0.05) is 58.2 Å². The minimum Gasteiger partial charge on any atom is -0.309 e. The summed E-state index contributed by atoms with van der Waals surface area (Å²) in [6.07, 6.45) is 0. The van der Waals surface area contributed by atoms with Crippen molar-refractivity contribution in [1.82, 2.24) is 8.97 Å². The van der Waals surface area contributed by atoms with Crippen LogP contribution >= 0.6 is 11.3 Å². The molecule has 13 aromatic rings. The second-order valence-electron chi connectivity index (χ2n) is 15.2. The van der Waals surface area contributed by atoms with Gasteiger partial charge in [-0.3, -0.25) is 0 Å². The Kier molecular flexibility index (Phi) is 6.35. The van der Waals surface area contributed by atoms with Crippen LogP contribution in [0.5, 0.6) is 0 Å². The summed E-state index contributed by atoms with van der Waals surface area (Å²) in [6.45, 7) is 0. The van der Waals surface area contributed by atoms with E-state index in [-0.39, 0.29) is 0 Å². The maximum atomic E-state index is 2.53. The standard InChI is InChI=1S/C54H32N2S/c1-2-11-33(12-3-1)34-23-27-37(28-24-34)55-46-19-6-5-14-39(46)44-31-35(25-29-48(44)55)36-26-30-49-45(32-36)43-18-8-17-42-41-16-10-22-51-53(41)52-40(15-9-21-50(52)57-51)38-13-4-7-20-47(38)56(49)54(42)43/h1-32H. The first kappa shape index (κ1) is 31.1. The Balaban J connectivity index is 1.07. The zero-order chi connectivity index (χ0) is 37.2. The number of aromatic nitrogens is 2. The summed E-state index contributed by atoms with van der Waals surface area (Å²) in [5, 5.41) is 12.9. The van der Waals surface area contributed by atoms with Crippen molar-refractivity contribution in [2.75, 3.05) is 0 Å². The Labute approximate surface area is 331 Å². The maximum Gasteiger partial charge on any atom is 0.0619 e. The van der Waals surface area contributed by atoms with Crippen molar-refractivity contribution >= 4 is 102 Å². The molecule has 0 N–H and O–H groups in total. The summed E-state index contributed by atoms with van der Waals surface area (Å²) >= 11 is 1.90. The number of para-hydroxylation sites is 3. The van der Waals surface area contributed by atoms with Crippen LogP contribution in [-0.2, 0) is 0 Å². The van der Waals surface area contributed by atoms with Gasteiger partial charge in [-0.1, -0.05) is 133 Å². The molecule has 0 unspecified atom stereocenters. The highest BCUT2D eigenvalue weighted by atomic mass is 32.1. The maximum absolute atomic E-state index is 2.53. The summed E-state index contributed by atoms with van der Waals surface area (Å²) in [4.78, 5) is 0. The second-order valence-corrected chi connectivity index (χ2v) is 16.3. The van der Waals surface area contributed by atoms with E-state index in [2.05, 4.69) is 203 Å². The molecule has 13 rings (SSSR count). The Morgan fingerprint density at radius 3 is 1.47 bits per heavy atom. The minimum atomic E-state index is 1.16. The Morgan fingerprint density at radius 1 is 0.298 bits per heavy atom. The van der Waals surface area contributed by atoms with Gasteiger partial charge in [-0.25, -0.2) is 0 Å². The quantitative estimate of drug-likeness (QED) is 0.171. The molecule has 57 heavy (non-hydrogen) atoms. The predicted molar refractivity (Wildman–Crippen MR) is 246 cm³/mol. The molecule has 0 aliphatic heterocycles. The molecule has 264 valence electrons. The molecule has 3 heteroatoms. The van der Waals surface area contributed by atoms with Gasteiger partial charge in [-0.2, -0.15) is 0 Å².